The minimum atomic E-state index is 0.112. The summed E-state index contributed by atoms with van der Waals surface area (Å²) in [5.41, 5.74) is 3.16. The molecule has 0 bridgehead atoms. The van der Waals surface area contributed by atoms with Gasteiger partial charge in [0.25, 0.3) is 5.91 Å². The molecule has 0 unspecified atom stereocenters. The number of H-pyrrole nitrogens is 1. The lowest BCUT2D eigenvalue weighted by molar-refractivity contribution is 0.0761. The zero-order valence-corrected chi connectivity index (χ0v) is 18.5. The van der Waals surface area contributed by atoms with E-state index in [9.17, 15) is 4.79 Å². The second-order valence-electron chi connectivity index (χ2n) is 7.55. The van der Waals surface area contributed by atoms with Gasteiger partial charge in [-0.3, -0.25) is 14.8 Å². The molecule has 7 nitrogen and oxygen atoms in total. The smallest absolute Gasteiger partial charge is 0.253 e. The van der Waals surface area contributed by atoms with Crippen LogP contribution >= 0.6 is 11.8 Å². The number of benzene rings is 2. The van der Waals surface area contributed by atoms with Crippen molar-refractivity contribution in [3.63, 3.8) is 0 Å². The normalized spacial score (nSPS) is 14.9. The van der Waals surface area contributed by atoms with Gasteiger partial charge in [-0.1, -0.05) is 36.0 Å². The van der Waals surface area contributed by atoms with Crippen molar-refractivity contribution >= 4 is 17.7 Å². The number of carbonyl (C=O) groups excluding carboxylic acids is 1. The van der Waals surface area contributed by atoms with E-state index in [1.807, 2.05) is 41.3 Å². The van der Waals surface area contributed by atoms with E-state index in [4.69, 9.17) is 4.74 Å². The van der Waals surface area contributed by atoms with E-state index in [-0.39, 0.29) is 5.91 Å². The summed E-state index contributed by atoms with van der Waals surface area (Å²) >= 11 is 1.59. The minimum Gasteiger partial charge on any atom is -0.497 e. The zero-order chi connectivity index (χ0) is 21.5. The highest BCUT2D eigenvalue weighted by Gasteiger charge is 2.20. The molecule has 162 valence electrons. The molecule has 0 atom stereocenters. The van der Waals surface area contributed by atoms with Crippen LogP contribution in [0.1, 0.15) is 27.9 Å². The summed E-state index contributed by atoms with van der Waals surface area (Å²) in [6.07, 6.45) is 2.48. The molecule has 31 heavy (non-hydrogen) atoms. The molecule has 1 aromatic heterocycles. The lowest BCUT2D eigenvalue weighted by Gasteiger charge is -2.22. The van der Waals surface area contributed by atoms with E-state index in [0.717, 1.165) is 66.9 Å². The van der Waals surface area contributed by atoms with Gasteiger partial charge >= 0.3 is 0 Å². The van der Waals surface area contributed by atoms with E-state index in [1.54, 1.807) is 18.9 Å². The molecule has 0 spiro atoms. The Hall–Kier alpha value is -2.84. The molecule has 0 radical (unpaired) electrons. The summed E-state index contributed by atoms with van der Waals surface area (Å²) in [4.78, 5) is 21.5. The van der Waals surface area contributed by atoms with Crippen molar-refractivity contribution in [2.45, 2.75) is 23.9 Å². The summed E-state index contributed by atoms with van der Waals surface area (Å²) in [6.45, 7) is 4.31. The fraction of sp³-hybridized carbons (Fsp3) is 0.348. The number of amides is 1. The van der Waals surface area contributed by atoms with Crippen LogP contribution in [0, 0.1) is 0 Å². The molecule has 0 aliphatic carbocycles. The molecule has 1 aliphatic heterocycles. The Morgan fingerprint density at radius 3 is 2.52 bits per heavy atom. The predicted octanol–water partition coefficient (Wildman–Crippen LogP) is 3.45. The number of methoxy groups -OCH3 is 1. The topological polar surface area (TPSA) is 74.3 Å². The van der Waals surface area contributed by atoms with Gasteiger partial charge in [0.1, 0.15) is 12.1 Å². The monoisotopic (exact) mass is 437 g/mol. The van der Waals surface area contributed by atoms with Gasteiger partial charge in [0.15, 0.2) is 5.16 Å². The number of rotatable bonds is 7. The van der Waals surface area contributed by atoms with Crippen molar-refractivity contribution in [1.29, 1.82) is 0 Å². The Balaban J connectivity index is 1.29. The van der Waals surface area contributed by atoms with Gasteiger partial charge in [-0.05, 0) is 41.8 Å². The van der Waals surface area contributed by atoms with Crippen LogP contribution in [0.5, 0.6) is 5.75 Å². The van der Waals surface area contributed by atoms with Gasteiger partial charge < -0.3 is 9.64 Å². The summed E-state index contributed by atoms with van der Waals surface area (Å²) in [7, 11) is 1.68. The molecule has 4 rings (SSSR count). The molecule has 1 amide bonds. The number of nitrogens with zero attached hydrogens (tertiary/aromatic N) is 4. The van der Waals surface area contributed by atoms with Crippen LogP contribution in [0.2, 0.25) is 0 Å². The van der Waals surface area contributed by atoms with Crippen LogP contribution in [0.4, 0.5) is 0 Å². The first-order valence-corrected chi connectivity index (χ1v) is 11.4. The van der Waals surface area contributed by atoms with Crippen molar-refractivity contribution in [2.24, 2.45) is 0 Å². The number of aromatic nitrogens is 3. The highest BCUT2D eigenvalue weighted by molar-refractivity contribution is 7.98. The number of aromatic amines is 1. The third kappa shape index (κ3) is 5.86. The van der Waals surface area contributed by atoms with Crippen LogP contribution < -0.4 is 4.74 Å². The second kappa shape index (κ2) is 10.5. The molecule has 8 heteroatoms. The first-order valence-electron chi connectivity index (χ1n) is 10.4. The molecule has 1 aliphatic rings. The molecule has 2 heterocycles. The number of nitrogens with one attached hydrogen (secondary N) is 1. The Morgan fingerprint density at radius 1 is 1.03 bits per heavy atom. The molecule has 1 fully saturated rings. The van der Waals surface area contributed by atoms with Crippen LogP contribution in [-0.2, 0) is 12.3 Å². The van der Waals surface area contributed by atoms with Crippen molar-refractivity contribution < 1.29 is 9.53 Å². The Labute approximate surface area is 186 Å². The Bertz CT molecular complexity index is 961. The van der Waals surface area contributed by atoms with Gasteiger partial charge in [-0.2, -0.15) is 5.10 Å². The fourth-order valence-electron chi connectivity index (χ4n) is 3.66. The lowest BCUT2D eigenvalue weighted by atomic mass is 10.1. The van der Waals surface area contributed by atoms with E-state index >= 15 is 0 Å². The van der Waals surface area contributed by atoms with Crippen LogP contribution in [0.3, 0.4) is 0 Å². The molecule has 0 saturated carbocycles. The Morgan fingerprint density at radius 2 is 1.81 bits per heavy atom. The standard InChI is InChI=1S/C23H27N5O2S/c1-30-21-9-5-18(6-10-21)15-27-11-2-12-28(14-13-27)22(29)20-7-3-19(4-8-20)16-31-23-24-17-25-26-23/h3-10,17H,2,11-16H2,1H3,(H,24,25,26). The van der Waals surface area contributed by atoms with Gasteiger partial charge in [-0.25, -0.2) is 4.98 Å². The highest BCUT2D eigenvalue weighted by Crippen LogP contribution is 2.19. The third-order valence-corrected chi connectivity index (χ3v) is 6.36. The van der Waals surface area contributed by atoms with E-state index in [0.29, 0.717) is 0 Å². The van der Waals surface area contributed by atoms with E-state index in [2.05, 4.69) is 32.2 Å². The number of ether oxygens (including phenoxy) is 1. The van der Waals surface area contributed by atoms with Crippen molar-refractivity contribution in [2.75, 3.05) is 33.3 Å². The quantitative estimate of drug-likeness (QED) is 0.571. The number of hydrogen-bond donors (Lipinski definition) is 1. The van der Waals surface area contributed by atoms with E-state index < -0.39 is 0 Å². The summed E-state index contributed by atoms with van der Waals surface area (Å²) < 4.78 is 5.23. The van der Waals surface area contributed by atoms with Gasteiger partial charge in [-0.15, -0.1) is 0 Å². The Kier molecular flexibility index (Phi) is 7.22. The molecular weight excluding hydrogens is 410 g/mol. The average Bonchev–Trinajstić information content (AvgIpc) is 3.23. The van der Waals surface area contributed by atoms with E-state index in [1.165, 1.54) is 11.9 Å². The summed E-state index contributed by atoms with van der Waals surface area (Å²) in [5, 5.41) is 7.49. The van der Waals surface area contributed by atoms with Crippen molar-refractivity contribution in [1.82, 2.24) is 25.0 Å². The number of carbonyl (C=O) groups is 1. The highest BCUT2D eigenvalue weighted by atomic mass is 32.2. The van der Waals surface area contributed by atoms with Gasteiger partial charge in [0, 0.05) is 44.0 Å². The van der Waals surface area contributed by atoms with Crippen molar-refractivity contribution in [3.8, 4) is 5.75 Å². The third-order valence-electron chi connectivity index (χ3n) is 5.41. The van der Waals surface area contributed by atoms with Gasteiger partial charge in [0.2, 0.25) is 0 Å². The molecule has 1 N–H and O–H groups in total. The molecule has 1 saturated heterocycles. The minimum absolute atomic E-state index is 0.112. The predicted molar refractivity (Wildman–Crippen MR) is 121 cm³/mol. The number of hydrogen-bond acceptors (Lipinski definition) is 6. The lowest BCUT2D eigenvalue weighted by Crippen LogP contribution is -2.35. The van der Waals surface area contributed by atoms with Gasteiger partial charge in [0.05, 0.1) is 7.11 Å². The molecule has 2 aromatic carbocycles. The second-order valence-corrected chi connectivity index (χ2v) is 8.51. The number of thioether (sulfide) groups is 1. The maximum absolute atomic E-state index is 13.0. The first kappa shape index (κ1) is 21.4. The van der Waals surface area contributed by atoms with Crippen LogP contribution in [0.15, 0.2) is 60.0 Å². The zero-order valence-electron chi connectivity index (χ0n) is 17.7. The summed E-state index contributed by atoms with van der Waals surface area (Å²) in [6, 6.07) is 16.1. The van der Waals surface area contributed by atoms with Crippen LogP contribution in [0.25, 0.3) is 0 Å². The fourth-order valence-corrected chi connectivity index (χ4v) is 4.40. The molecular formula is C23H27N5O2S. The maximum atomic E-state index is 13.0. The first-order chi connectivity index (χ1) is 15.2. The van der Waals surface area contributed by atoms with Crippen molar-refractivity contribution in [3.05, 3.63) is 71.5 Å². The SMILES string of the molecule is COc1ccc(CN2CCCN(C(=O)c3ccc(CSc4ncn[nH]4)cc3)CC2)cc1. The molecule has 3 aromatic rings. The average molecular weight is 438 g/mol. The maximum Gasteiger partial charge on any atom is 0.253 e. The van der Waals surface area contributed by atoms with Crippen LogP contribution in [-0.4, -0.2) is 64.2 Å². The summed E-state index contributed by atoms with van der Waals surface area (Å²) in [5.74, 6) is 1.77. The largest absolute Gasteiger partial charge is 0.497 e.